The molecule has 0 saturated carbocycles. The molecule has 0 unspecified atom stereocenters. The van der Waals surface area contributed by atoms with Crippen LogP contribution >= 0.6 is 22.7 Å². The van der Waals surface area contributed by atoms with Gasteiger partial charge in [-0.3, -0.25) is 9.59 Å². The first-order chi connectivity index (χ1) is 16.1. The minimum atomic E-state index is -0.147. The highest BCUT2D eigenvalue weighted by Gasteiger charge is 2.20. The highest BCUT2D eigenvalue weighted by Crippen LogP contribution is 2.34. The number of anilines is 1. The molecule has 168 valence electrons. The van der Waals surface area contributed by atoms with E-state index in [4.69, 9.17) is 4.74 Å². The quantitative estimate of drug-likeness (QED) is 0.440. The monoisotopic (exact) mass is 478 g/mol. The fraction of sp³-hybridized carbons (Fsp3) is 0.333. The summed E-state index contributed by atoms with van der Waals surface area (Å²) in [6, 6.07) is 6.07. The Morgan fingerprint density at radius 1 is 1.18 bits per heavy atom. The third-order valence-electron chi connectivity index (χ3n) is 6.20. The molecule has 1 aliphatic heterocycles. The molecule has 3 aromatic heterocycles. The second-order valence-corrected chi connectivity index (χ2v) is 10.4. The Morgan fingerprint density at radius 3 is 3.03 bits per heavy atom. The van der Waals surface area contributed by atoms with E-state index in [0.29, 0.717) is 17.4 Å². The number of fused-ring (bicyclic) bond motifs is 4. The van der Waals surface area contributed by atoms with E-state index in [2.05, 4.69) is 26.3 Å². The molecule has 1 amide bonds. The van der Waals surface area contributed by atoms with Gasteiger partial charge in [-0.15, -0.1) is 22.7 Å². The van der Waals surface area contributed by atoms with Crippen LogP contribution in [0.25, 0.3) is 21.5 Å². The molecule has 33 heavy (non-hydrogen) atoms. The highest BCUT2D eigenvalue weighted by molar-refractivity contribution is 7.18. The number of nitrogens with zero attached hydrogens (tertiary/aromatic N) is 2. The lowest BCUT2D eigenvalue weighted by Crippen LogP contribution is -2.16. The van der Waals surface area contributed by atoms with Crippen LogP contribution < -0.4 is 15.6 Å². The summed E-state index contributed by atoms with van der Waals surface area (Å²) in [4.78, 5) is 39.4. The van der Waals surface area contributed by atoms with Gasteiger partial charge in [-0.1, -0.05) is 0 Å². The molecule has 2 aliphatic rings. The minimum Gasteiger partial charge on any atom is -0.493 e. The van der Waals surface area contributed by atoms with Gasteiger partial charge in [0, 0.05) is 35.1 Å². The Bertz CT molecular complexity index is 1440. The predicted octanol–water partition coefficient (Wildman–Crippen LogP) is 4.49. The molecule has 9 heteroatoms. The van der Waals surface area contributed by atoms with Crippen molar-refractivity contribution in [2.75, 3.05) is 11.9 Å². The standard InChI is InChI=1S/C24H22N4O3S2/c29-20(28-24-25-16(12-32-24)13-5-6-17-14(11-13)9-10-31-17)8-7-19-26-22(30)21-15-3-1-2-4-18(15)33-23(21)27-19/h5-6,11-12H,1-4,7-10H2,(H,25,28,29)(H,26,27,30). The smallest absolute Gasteiger partial charge is 0.259 e. The maximum Gasteiger partial charge on any atom is 0.259 e. The van der Waals surface area contributed by atoms with Gasteiger partial charge in [0.1, 0.15) is 16.4 Å². The molecule has 4 heterocycles. The number of carbonyl (C=O) groups excluding carboxylic acids is 1. The average Bonchev–Trinajstić information content (AvgIpc) is 3.55. The first-order valence-electron chi connectivity index (χ1n) is 11.2. The van der Waals surface area contributed by atoms with Crippen LogP contribution in [0.3, 0.4) is 0 Å². The van der Waals surface area contributed by atoms with Crippen LogP contribution in [0.2, 0.25) is 0 Å². The van der Waals surface area contributed by atoms with E-state index in [1.165, 1.54) is 33.8 Å². The van der Waals surface area contributed by atoms with E-state index in [1.54, 1.807) is 11.3 Å². The summed E-state index contributed by atoms with van der Waals surface area (Å²) in [6.45, 7) is 0.721. The molecule has 0 atom stereocenters. The SMILES string of the molecule is O=C(CCc1nc2sc3c(c2c(=O)[nH]1)CCCC3)Nc1nc(-c2ccc3c(c2)CCO3)cs1. The van der Waals surface area contributed by atoms with E-state index in [0.717, 1.165) is 59.5 Å². The number of aryl methyl sites for hydroxylation is 3. The van der Waals surface area contributed by atoms with E-state index in [1.807, 2.05) is 17.5 Å². The van der Waals surface area contributed by atoms with Gasteiger partial charge in [-0.25, -0.2) is 9.97 Å². The van der Waals surface area contributed by atoms with Gasteiger partial charge in [-0.05, 0) is 55.0 Å². The topological polar surface area (TPSA) is 97.0 Å². The number of aromatic amines is 1. The van der Waals surface area contributed by atoms with Crippen molar-refractivity contribution in [2.24, 2.45) is 0 Å². The van der Waals surface area contributed by atoms with E-state index < -0.39 is 0 Å². The largest absolute Gasteiger partial charge is 0.493 e. The molecule has 4 aromatic rings. The van der Waals surface area contributed by atoms with Crippen molar-refractivity contribution in [3.05, 3.63) is 55.8 Å². The third-order valence-corrected chi connectivity index (χ3v) is 8.14. The summed E-state index contributed by atoms with van der Waals surface area (Å²) in [5, 5.41) is 6.13. The lowest BCUT2D eigenvalue weighted by Gasteiger charge is -2.09. The molecule has 0 bridgehead atoms. The molecule has 0 spiro atoms. The second kappa shape index (κ2) is 8.39. The number of benzene rings is 1. The van der Waals surface area contributed by atoms with Gasteiger partial charge in [-0.2, -0.15) is 0 Å². The van der Waals surface area contributed by atoms with Crippen LogP contribution in [-0.4, -0.2) is 27.5 Å². The van der Waals surface area contributed by atoms with Crippen LogP contribution in [0.4, 0.5) is 5.13 Å². The molecule has 7 nitrogen and oxygen atoms in total. The number of nitrogens with one attached hydrogen (secondary N) is 2. The first kappa shape index (κ1) is 20.6. The molecule has 0 saturated heterocycles. The van der Waals surface area contributed by atoms with Crippen molar-refractivity contribution in [3.63, 3.8) is 0 Å². The molecule has 0 radical (unpaired) electrons. The van der Waals surface area contributed by atoms with Gasteiger partial charge in [0.15, 0.2) is 5.13 Å². The summed E-state index contributed by atoms with van der Waals surface area (Å²) >= 11 is 3.03. The number of ether oxygens (including phenoxy) is 1. The Balaban J connectivity index is 1.12. The van der Waals surface area contributed by atoms with E-state index >= 15 is 0 Å². The zero-order valence-corrected chi connectivity index (χ0v) is 19.5. The summed E-state index contributed by atoms with van der Waals surface area (Å²) in [7, 11) is 0. The number of amides is 1. The van der Waals surface area contributed by atoms with Crippen LogP contribution in [0.15, 0.2) is 28.4 Å². The number of aromatic nitrogens is 3. The van der Waals surface area contributed by atoms with Crippen LogP contribution in [0.5, 0.6) is 5.75 Å². The van der Waals surface area contributed by atoms with Crippen molar-refractivity contribution in [3.8, 4) is 17.0 Å². The number of H-pyrrole nitrogens is 1. The van der Waals surface area contributed by atoms with Crippen molar-refractivity contribution in [2.45, 2.75) is 44.9 Å². The maximum absolute atomic E-state index is 12.7. The zero-order chi connectivity index (χ0) is 22.4. The fourth-order valence-electron chi connectivity index (χ4n) is 4.55. The number of thiophene rings is 1. The molecule has 2 N–H and O–H groups in total. The number of thiazole rings is 1. The summed E-state index contributed by atoms with van der Waals surface area (Å²) in [5.74, 6) is 1.35. The molecule has 6 rings (SSSR count). The second-order valence-electron chi connectivity index (χ2n) is 8.41. The fourth-order valence-corrected chi connectivity index (χ4v) is 6.57. The average molecular weight is 479 g/mol. The maximum atomic E-state index is 12.7. The van der Waals surface area contributed by atoms with E-state index in [9.17, 15) is 9.59 Å². The van der Waals surface area contributed by atoms with Crippen LogP contribution in [-0.2, 0) is 30.5 Å². The number of rotatable bonds is 5. The van der Waals surface area contributed by atoms with Gasteiger partial charge >= 0.3 is 0 Å². The van der Waals surface area contributed by atoms with Crippen molar-refractivity contribution in [1.82, 2.24) is 15.0 Å². The van der Waals surface area contributed by atoms with Gasteiger partial charge in [0.05, 0.1) is 17.7 Å². The first-order valence-corrected chi connectivity index (χ1v) is 12.9. The van der Waals surface area contributed by atoms with Gasteiger partial charge in [0.2, 0.25) is 5.91 Å². The number of hydrogen-bond donors (Lipinski definition) is 2. The predicted molar refractivity (Wildman–Crippen MR) is 131 cm³/mol. The molecule has 0 fully saturated rings. The Kier molecular flexibility index (Phi) is 5.22. The summed E-state index contributed by atoms with van der Waals surface area (Å²) in [5.41, 5.74) is 4.14. The van der Waals surface area contributed by atoms with E-state index in [-0.39, 0.29) is 17.9 Å². The third kappa shape index (κ3) is 3.95. The van der Waals surface area contributed by atoms with Gasteiger partial charge in [0.25, 0.3) is 5.56 Å². The zero-order valence-electron chi connectivity index (χ0n) is 17.9. The summed E-state index contributed by atoms with van der Waals surface area (Å²) < 4.78 is 5.56. The minimum absolute atomic E-state index is 0.0841. The molecular weight excluding hydrogens is 456 g/mol. The van der Waals surface area contributed by atoms with Crippen molar-refractivity contribution in [1.29, 1.82) is 0 Å². The number of hydrogen-bond acceptors (Lipinski definition) is 7. The molecule has 1 aliphatic carbocycles. The van der Waals surface area contributed by atoms with Crippen LogP contribution in [0, 0.1) is 0 Å². The number of carbonyl (C=O) groups is 1. The Hall–Kier alpha value is -3.04. The Morgan fingerprint density at radius 2 is 2.09 bits per heavy atom. The van der Waals surface area contributed by atoms with Crippen molar-refractivity contribution < 1.29 is 9.53 Å². The Labute approximate surface area is 197 Å². The van der Waals surface area contributed by atoms with Crippen molar-refractivity contribution >= 4 is 43.9 Å². The highest BCUT2D eigenvalue weighted by atomic mass is 32.1. The van der Waals surface area contributed by atoms with Gasteiger partial charge < -0.3 is 15.0 Å². The molecular formula is C24H22N4O3S2. The van der Waals surface area contributed by atoms with Crippen LogP contribution in [0.1, 0.15) is 41.1 Å². The lowest BCUT2D eigenvalue weighted by molar-refractivity contribution is -0.116. The summed E-state index contributed by atoms with van der Waals surface area (Å²) in [6.07, 6.45) is 5.79. The normalized spacial score (nSPS) is 14.7. The molecule has 1 aromatic carbocycles. The lowest BCUT2D eigenvalue weighted by atomic mass is 9.97.